The topological polar surface area (TPSA) is 29.5 Å². The van der Waals surface area contributed by atoms with E-state index in [0.717, 1.165) is 24.8 Å². The van der Waals surface area contributed by atoms with Crippen molar-refractivity contribution in [3.8, 4) is 12.3 Å². The molecule has 0 aliphatic carbocycles. The number of allylic oxidation sites excluding steroid dienone is 1. The zero-order valence-electron chi connectivity index (χ0n) is 13.6. The molecule has 1 aliphatic rings. The fourth-order valence-corrected chi connectivity index (χ4v) is 2.72. The highest BCUT2D eigenvalue weighted by Crippen LogP contribution is 2.32. The highest BCUT2D eigenvalue weighted by atomic mass is 16.5. The molecule has 1 aliphatic heterocycles. The predicted octanol–water partition coefficient (Wildman–Crippen LogP) is 3.82. The zero-order chi connectivity index (χ0) is 16.2. The van der Waals surface area contributed by atoms with Gasteiger partial charge in [-0.05, 0) is 39.2 Å². The molecule has 3 nitrogen and oxygen atoms in total. The molecule has 0 aromatic heterocycles. The molecule has 0 fully saturated rings. The van der Waals surface area contributed by atoms with Crippen molar-refractivity contribution < 1.29 is 9.53 Å². The summed E-state index contributed by atoms with van der Waals surface area (Å²) in [6.07, 6.45) is 7.80. The van der Waals surface area contributed by atoms with E-state index < -0.39 is 0 Å². The highest BCUT2D eigenvalue weighted by Gasteiger charge is 2.36. The molecule has 0 unspecified atom stereocenters. The van der Waals surface area contributed by atoms with Crippen LogP contribution in [0.5, 0.6) is 0 Å². The van der Waals surface area contributed by atoms with Crippen molar-refractivity contribution in [3.63, 3.8) is 0 Å². The second kappa shape index (κ2) is 6.70. The molecule has 0 N–H and O–H groups in total. The lowest BCUT2D eigenvalue weighted by atomic mass is 9.92. The Bertz CT molecular complexity index is 608. The van der Waals surface area contributed by atoms with Gasteiger partial charge in [-0.15, -0.1) is 12.3 Å². The molecule has 0 saturated carbocycles. The van der Waals surface area contributed by atoms with E-state index in [1.807, 2.05) is 37.3 Å². The summed E-state index contributed by atoms with van der Waals surface area (Å²) in [5.74, 6) is 3.37. The fourth-order valence-electron chi connectivity index (χ4n) is 2.72. The van der Waals surface area contributed by atoms with Crippen LogP contribution in [0.2, 0.25) is 0 Å². The summed E-state index contributed by atoms with van der Waals surface area (Å²) in [4.78, 5) is 14.8. The van der Waals surface area contributed by atoms with Crippen LogP contribution in [0.3, 0.4) is 0 Å². The summed E-state index contributed by atoms with van der Waals surface area (Å²) < 4.78 is 5.76. The maximum atomic E-state index is 13.0. The SMILES string of the molecule is C#CCCCC(C)(C)N1COC(C)=C(c2ccccc2)C1=O. The predicted molar refractivity (Wildman–Crippen MR) is 88.6 cm³/mol. The van der Waals surface area contributed by atoms with E-state index in [-0.39, 0.29) is 11.4 Å². The number of terminal acetylenes is 1. The van der Waals surface area contributed by atoms with E-state index in [1.54, 1.807) is 4.90 Å². The van der Waals surface area contributed by atoms with Crippen molar-refractivity contribution in [1.29, 1.82) is 0 Å². The Labute approximate surface area is 133 Å². The van der Waals surface area contributed by atoms with Crippen LogP contribution in [0.4, 0.5) is 0 Å². The number of amides is 1. The quantitative estimate of drug-likeness (QED) is 0.611. The minimum absolute atomic E-state index is 0.0284. The minimum atomic E-state index is -0.283. The van der Waals surface area contributed by atoms with Gasteiger partial charge in [0.05, 0.1) is 5.57 Å². The average Bonchev–Trinajstić information content (AvgIpc) is 2.48. The highest BCUT2D eigenvalue weighted by molar-refractivity contribution is 6.20. The summed E-state index contributed by atoms with van der Waals surface area (Å²) in [5, 5.41) is 0. The molecular formula is C19H23NO2. The Morgan fingerprint density at radius 2 is 2.00 bits per heavy atom. The third kappa shape index (κ3) is 3.33. The Kier molecular flexibility index (Phi) is 4.92. The standard InChI is InChI=1S/C19H23NO2/c1-5-6-10-13-19(3,4)20-14-22-15(2)17(18(20)21)16-11-8-7-9-12-16/h1,7-9,11-12H,6,10,13-14H2,2-4H3. The lowest BCUT2D eigenvalue weighted by Gasteiger charge is -2.41. The van der Waals surface area contributed by atoms with E-state index in [2.05, 4.69) is 19.8 Å². The second-order valence-electron chi connectivity index (χ2n) is 6.17. The van der Waals surface area contributed by atoms with Gasteiger partial charge in [0.15, 0.2) is 6.73 Å². The summed E-state index contributed by atoms with van der Waals surface area (Å²) >= 11 is 0. The summed E-state index contributed by atoms with van der Waals surface area (Å²) in [6.45, 7) is 6.27. The van der Waals surface area contributed by atoms with Gasteiger partial charge in [-0.1, -0.05) is 30.3 Å². The maximum Gasteiger partial charge on any atom is 0.260 e. The van der Waals surface area contributed by atoms with Crippen molar-refractivity contribution >= 4 is 11.5 Å². The number of nitrogens with zero attached hydrogens (tertiary/aromatic N) is 1. The molecule has 2 rings (SSSR count). The Morgan fingerprint density at radius 3 is 2.64 bits per heavy atom. The van der Waals surface area contributed by atoms with Gasteiger partial charge in [-0.25, -0.2) is 0 Å². The summed E-state index contributed by atoms with van der Waals surface area (Å²) in [7, 11) is 0. The molecule has 1 amide bonds. The zero-order valence-corrected chi connectivity index (χ0v) is 13.6. The lowest BCUT2D eigenvalue weighted by Crippen LogP contribution is -2.51. The number of hydrogen-bond acceptors (Lipinski definition) is 2. The normalized spacial score (nSPS) is 15.5. The van der Waals surface area contributed by atoms with Gasteiger partial charge in [-0.2, -0.15) is 0 Å². The molecule has 22 heavy (non-hydrogen) atoms. The molecule has 0 bridgehead atoms. The third-order valence-electron chi connectivity index (χ3n) is 4.12. The van der Waals surface area contributed by atoms with Crippen molar-refractivity contribution in [2.24, 2.45) is 0 Å². The van der Waals surface area contributed by atoms with E-state index in [0.29, 0.717) is 18.1 Å². The van der Waals surface area contributed by atoms with E-state index in [9.17, 15) is 4.79 Å². The van der Waals surface area contributed by atoms with Gasteiger partial charge >= 0.3 is 0 Å². The van der Waals surface area contributed by atoms with Crippen molar-refractivity contribution in [2.75, 3.05) is 6.73 Å². The number of carbonyl (C=O) groups is 1. The number of hydrogen-bond donors (Lipinski definition) is 0. The molecule has 0 atom stereocenters. The van der Waals surface area contributed by atoms with Gasteiger partial charge in [0.1, 0.15) is 5.76 Å². The first-order valence-corrected chi connectivity index (χ1v) is 7.62. The molecular weight excluding hydrogens is 274 g/mol. The first-order chi connectivity index (χ1) is 10.5. The smallest absolute Gasteiger partial charge is 0.260 e. The van der Waals surface area contributed by atoms with E-state index in [4.69, 9.17) is 11.2 Å². The molecule has 1 aromatic rings. The van der Waals surface area contributed by atoms with Crippen LogP contribution in [0.15, 0.2) is 36.1 Å². The minimum Gasteiger partial charge on any atom is -0.477 e. The van der Waals surface area contributed by atoms with Crippen molar-refractivity contribution in [2.45, 2.75) is 45.6 Å². The van der Waals surface area contributed by atoms with Gasteiger partial charge in [-0.3, -0.25) is 4.79 Å². The number of ether oxygens (including phenoxy) is 1. The molecule has 1 heterocycles. The van der Waals surface area contributed by atoms with Gasteiger partial charge < -0.3 is 9.64 Å². The van der Waals surface area contributed by atoms with Crippen LogP contribution >= 0.6 is 0 Å². The van der Waals surface area contributed by atoms with Gasteiger partial charge in [0.25, 0.3) is 5.91 Å². The number of carbonyl (C=O) groups excluding carboxylic acids is 1. The number of benzene rings is 1. The molecule has 0 spiro atoms. The Morgan fingerprint density at radius 1 is 1.32 bits per heavy atom. The second-order valence-corrected chi connectivity index (χ2v) is 6.17. The largest absolute Gasteiger partial charge is 0.477 e. The third-order valence-corrected chi connectivity index (χ3v) is 4.12. The van der Waals surface area contributed by atoms with Crippen LogP contribution in [0.1, 0.15) is 45.6 Å². The molecule has 0 saturated heterocycles. The van der Waals surface area contributed by atoms with Crippen molar-refractivity contribution in [3.05, 3.63) is 41.7 Å². The van der Waals surface area contributed by atoms with Crippen molar-refractivity contribution in [1.82, 2.24) is 4.90 Å². The van der Waals surface area contributed by atoms with Crippen LogP contribution in [-0.2, 0) is 9.53 Å². The Hall–Kier alpha value is -2.21. The van der Waals surface area contributed by atoms with E-state index >= 15 is 0 Å². The van der Waals surface area contributed by atoms with Gasteiger partial charge in [0.2, 0.25) is 0 Å². The van der Waals surface area contributed by atoms with Crippen LogP contribution in [0, 0.1) is 12.3 Å². The molecule has 3 heteroatoms. The average molecular weight is 297 g/mol. The number of rotatable bonds is 5. The van der Waals surface area contributed by atoms with Crippen LogP contribution < -0.4 is 0 Å². The fraction of sp³-hybridized carbons (Fsp3) is 0.421. The lowest BCUT2D eigenvalue weighted by molar-refractivity contribution is -0.139. The molecule has 1 aromatic carbocycles. The van der Waals surface area contributed by atoms with Gasteiger partial charge in [0, 0.05) is 12.0 Å². The molecule has 116 valence electrons. The maximum absolute atomic E-state index is 13.0. The summed E-state index contributed by atoms with van der Waals surface area (Å²) in [5.41, 5.74) is 1.26. The van der Waals surface area contributed by atoms with Crippen LogP contribution in [0.25, 0.3) is 5.57 Å². The first-order valence-electron chi connectivity index (χ1n) is 7.62. The Balaban J connectivity index is 2.25. The number of unbranched alkanes of at least 4 members (excludes halogenated alkanes) is 1. The van der Waals surface area contributed by atoms with Crippen LogP contribution in [-0.4, -0.2) is 23.1 Å². The summed E-state index contributed by atoms with van der Waals surface area (Å²) in [6, 6.07) is 9.68. The first kappa shape index (κ1) is 16.2. The molecule has 0 radical (unpaired) electrons. The monoisotopic (exact) mass is 297 g/mol. The van der Waals surface area contributed by atoms with E-state index in [1.165, 1.54) is 0 Å².